The fraction of sp³-hybridized carbons (Fsp3) is 0.368. The third kappa shape index (κ3) is 3.66. The molecule has 0 saturated heterocycles. The molecule has 0 spiro atoms. The normalized spacial score (nSPS) is 12.4. The van der Waals surface area contributed by atoms with Crippen LogP contribution in [0.1, 0.15) is 47.2 Å². The Kier molecular flexibility index (Phi) is 5.44. The van der Waals surface area contributed by atoms with E-state index in [1.807, 2.05) is 12.1 Å². The molecule has 21 heavy (non-hydrogen) atoms. The summed E-state index contributed by atoms with van der Waals surface area (Å²) in [6.45, 7) is 9.59. The van der Waals surface area contributed by atoms with Crippen LogP contribution in [0.15, 0.2) is 36.4 Å². The van der Waals surface area contributed by atoms with Crippen LogP contribution in [0.2, 0.25) is 5.02 Å². The van der Waals surface area contributed by atoms with Crippen molar-refractivity contribution in [2.75, 3.05) is 6.54 Å². The van der Waals surface area contributed by atoms with Crippen molar-refractivity contribution in [1.82, 2.24) is 5.32 Å². The van der Waals surface area contributed by atoms with E-state index in [0.717, 1.165) is 23.6 Å². The topological polar surface area (TPSA) is 12.0 Å². The molecule has 1 atom stereocenters. The summed E-state index contributed by atoms with van der Waals surface area (Å²) in [5.41, 5.74) is 6.38. The van der Waals surface area contributed by atoms with Crippen LogP contribution >= 0.6 is 11.6 Å². The molecular formula is C19H24ClN. The molecule has 0 aliphatic rings. The zero-order chi connectivity index (χ0) is 15.4. The molecule has 0 saturated carbocycles. The van der Waals surface area contributed by atoms with Gasteiger partial charge in [-0.25, -0.2) is 0 Å². The van der Waals surface area contributed by atoms with Crippen molar-refractivity contribution in [2.24, 2.45) is 0 Å². The minimum atomic E-state index is 0.197. The number of hydrogen-bond acceptors (Lipinski definition) is 1. The summed E-state index contributed by atoms with van der Waals surface area (Å²) in [4.78, 5) is 0. The first-order valence-electron chi connectivity index (χ1n) is 7.60. The molecule has 0 aromatic heterocycles. The number of halogens is 1. The molecule has 0 fully saturated rings. The third-order valence-electron chi connectivity index (χ3n) is 4.08. The lowest BCUT2D eigenvalue weighted by molar-refractivity contribution is 0.596. The predicted octanol–water partition coefficient (Wildman–Crippen LogP) is 5.35. The average molecular weight is 302 g/mol. The lowest BCUT2D eigenvalue weighted by atomic mass is 9.93. The number of nitrogens with one attached hydrogen (secondary N) is 1. The van der Waals surface area contributed by atoms with Gasteiger partial charge in [-0.2, -0.15) is 0 Å². The molecule has 1 N–H and O–H groups in total. The highest BCUT2D eigenvalue weighted by Gasteiger charge is 2.17. The lowest BCUT2D eigenvalue weighted by Crippen LogP contribution is -2.24. The summed E-state index contributed by atoms with van der Waals surface area (Å²) in [6.07, 6.45) is 1.11. The van der Waals surface area contributed by atoms with E-state index < -0.39 is 0 Å². The van der Waals surface area contributed by atoms with Gasteiger partial charge >= 0.3 is 0 Å². The molecule has 0 radical (unpaired) electrons. The molecule has 112 valence electrons. The third-order valence-corrected chi connectivity index (χ3v) is 4.49. The predicted molar refractivity (Wildman–Crippen MR) is 92.2 cm³/mol. The highest BCUT2D eigenvalue weighted by Crippen LogP contribution is 2.29. The first-order chi connectivity index (χ1) is 10.0. The maximum atomic E-state index is 6.31. The minimum absolute atomic E-state index is 0.197. The molecule has 0 heterocycles. The van der Waals surface area contributed by atoms with E-state index >= 15 is 0 Å². The second-order valence-electron chi connectivity index (χ2n) is 5.68. The van der Waals surface area contributed by atoms with Gasteiger partial charge < -0.3 is 5.32 Å². The summed E-state index contributed by atoms with van der Waals surface area (Å²) < 4.78 is 0. The molecule has 1 nitrogen and oxygen atoms in total. The summed E-state index contributed by atoms with van der Waals surface area (Å²) in [5, 5.41) is 4.49. The lowest BCUT2D eigenvalue weighted by Gasteiger charge is -2.23. The van der Waals surface area contributed by atoms with Crippen molar-refractivity contribution < 1.29 is 0 Å². The highest BCUT2D eigenvalue weighted by atomic mass is 35.5. The molecule has 0 bridgehead atoms. The molecular weight excluding hydrogens is 278 g/mol. The largest absolute Gasteiger partial charge is 0.306 e. The van der Waals surface area contributed by atoms with Crippen molar-refractivity contribution in [3.63, 3.8) is 0 Å². The Morgan fingerprint density at radius 2 is 1.81 bits per heavy atom. The van der Waals surface area contributed by atoms with Gasteiger partial charge in [-0.05, 0) is 67.6 Å². The number of hydrogen-bond donors (Lipinski definition) is 1. The Labute approximate surface area is 133 Å². The Morgan fingerprint density at radius 1 is 1.05 bits per heavy atom. The van der Waals surface area contributed by atoms with E-state index in [4.69, 9.17) is 11.6 Å². The Balaban J connectivity index is 2.47. The number of benzene rings is 2. The molecule has 2 rings (SSSR count). The van der Waals surface area contributed by atoms with Crippen LogP contribution in [0.3, 0.4) is 0 Å². The summed E-state index contributed by atoms with van der Waals surface area (Å²) in [6, 6.07) is 13.1. The van der Waals surface area contributed by atoms with E-state index in [1.165, 1.54) is 22.3 Å². The van der Waals surface area contributed by atoms with Gasteiger partial charge in [0, 0.05) is 5.02 Å². The average Bonchev–Trinajstić information content (AvgIpc) is 2.47. The maximum Gasteiger partial charge on any atom is 0.0579 e. The maximum absolute atomic E-state index is 6.31. The van der Waals surface area contributed by atoms with Crippen LogP contribution in [0, 0.1) is 20.8 Å². The van der Waals surface area contributed by atoms with Gasteiger partial charge in [0.25, 0.3) is 0 Å². The van der Waals surface area contributed by atoms with Crippen LogP contribution in [-0.2, 0) is 0 Å². The van der Waals surface area contributed by atoms with Gasteiger partial charge in [0.1, 0.15) is 0 Å². The first kappa shape index (κ1) is 16.1. The molecule has 2 heteroatoms. The van der Waals surface area contributed by atoms with Crippen LogP contribution in [0.25, 0.3) is 0 Å². The second kappa shape index (κ2) is 7.11. The first-order valence-corrected chi connectivity index (χ1v) is 7.98. The van der Waals surface area contributed by atoms with Crippen LogP contribution in [0.5, 0.6) is 0 Å². The van der Waals surface area contributed by atoms with Crippen LogP contribution in [0.4, 0.5) is 0 Å². The van der Waals surface area contributed by atoms with E-state index in [-0.39, 0.29) is 6.04 Å². The zero-order valence-corrected chi connectivity index (χ0v) is 14.1. The SMILES string of the molecule is CCCNC(c1ccc(C)c(C)c1)c1cccc(Cl)c1C. The summed E-state index contributed by atoms with van der Waals surface area (Å²) in [5.74, 6) is 0. The van der Waals surface area contributed by atoms with E-state index in [0.29, 0.717) is 0 Å². The quantitative estimate of drug-likeness (QED) is 0.784. The number of rotatable bonds is 5. The van der Waals surface area contributed by atoms with Gasteiger partial charge in [-0.1, -0.05) is 48.9 Å². The van der Waals surface area contributed by atoms with Crippen molar-refractivity contribution in [1.29, 1.82) is 0 Å². The molecule has 0 aliphatic carbocycles. The number of aryl methyl sites for hydroxylation is 2. The van der Waals surface area contributed by atoms with Crippen molar-refractivity contribution in [2.45, 2.75) is 40.2 Å². The molecule has 2 aromatic carbocycles. The fourth-order valence-corrected chi connectivity index (χ4v) is 2.76. The highest BCUT2D eigenvalue weighted by molar-refractivity contribution is 6.31. The van der Waals surface area contributed by atoms with Gasteiger partial charge in [-0.3, -0.25) is 0 Å². The molecule has 0 amide bonds. The van der Waals surface area contributed by atoms with Crippen molar-refractivity contribution in [3.05, 3.63) is 69.2 Å². The summed E-state index contributed by atoms with van der Waals surface area (Å²) in [7, 11) is 0. The van der Waals surface area contributed by atoms with E-state index in [2.05, 4.69) is 57.3 Å². The van der Waals surface area contributed by atoms with Crippen LogP contribution < -0.4 is 5.32 Å². The smallest absolute Gasteiger partial charge is 0.0579 e. The Hall–Kier alpha value is -1.31. The standard InChI is InChI=1S/C19H24ClN/c1-5-11-21-19(16-10-9-13(2)14(3)12-16)17-7-6-8-18(20)15(17)4/h6-10,12,19,21H,5,11H2,1-4H3. The van der Waals surface area contributed by atoms with Gasteiger partial charge in [0.15, 0.2) is 0 Å². The van der Waals surface area contributed by atoms with Crippen molar-refractivity contribution >= 4 is 11.6 Å². The molecule has 0 aliphatic heterocycles. The van der Waals surface area contributed by atoms with Crippen molar-refractivity contribution in [3.8, 4) is 0 Å². The fourth-order valence-electron chi connectivity index (χ4n) is 2.58. The van der Waals surface area contributed by atoms with E-state index in [1.54, 1.807) is 0 Å². The monoisotopic (exact) mass is 301 g/mol. The van der Waals surface area contributed by atoms with E-state index in [9.17, 15) is 0 Å². The van der Waals surface area contributed by atoms with Gasteiger partial charge in [0.05, 0.1) is 6.04 Å². The second-order valence-corrected chi connectivity index (χ2v) is 6.09. The molecule has 1 unspecified atom stereocenters. The zero-order valence-electron chi connectivity index (χ0n) is 13.3. The van der Waals surface area contributed by atoms with Gasteiger partial charge in [0.2, 0.25) is 0 Å². The Morgan fingerprint density at radius 3 is 2.48 bits per heavy atom. The summed E-state index contributed by atoms with van der Waals surface area (Å²) >= 11 is 6.31. The molecule has 2 aromatic rings. The Bertz CT molecular complexity index is 619. The van der Waals surface area contributed by atoms with Crippen LogP contribution in [-0.4, -0.2) is 6.54 Å². The minimum Gasteiger partial charge on any atom is -0.306 e. The van der Waals surface area contributed by atoms with Gasteiger partial charge in [-0.15, -0.1) is 0 Å².